The van der Waals surface area contributed by atoms with Crippen molar-refractivity contribution in [1.82, 2.24) is 9.80 Å². The Kier molecular flexibility index (Phi) is 8.99. The molecule has 1 aliphatic carbocycles. The van der Waals surface area contributed by atoms with E-state index in [-0.39, 0.29) is 18.0 Å². The highest BCUT2D eigenvalue weighted by atomic mass is 79.9. The van der Waals surface area contributed by atoms with Gasteiger partial charge in [-0.3, -0.25) is 0 Å². The summed E-state index contributed by atoms with van der Waals surface area (Å²) in [6.45, 7) is 3.50. The van der Waals surface area contributed by atoms with E-state index in [2.05, 4.69) is 20.8 Å². The zero-order valence-corrected chi connectivity index (χ0v) is 20.0. The molecule has 0 spiro atoms. The van der Waals surface area contributed by atoms with Crippen LogP contribution < -0.4 is 0 Å². The van der Waals surface area contributed by atoms with E-state index in [0.717, 1.165) is 48.3 Å². The smallest absolute Gasteiger partial charge is 0.409 e. The molecule has 1 aromatic rings. The van der Waals surface area contributed by atoms with E-state index < -0.39 is 0 Å². The molecular formula is C24H36BrFN2O2. The van der Waals surface area contributed by atoms with Gasteiger partial charge in [0.15, 0.2) is 0 Å². The van der Waals surface area contributed by atoms with Crippen molar-refractivity contribution in [1.29, 1.82) is 0 Å². The summed E-state index contributed by atoms with van der Waals surface area (Å²) >= 11 is 3.56. The molecule has 168 valence electrons. The lowest BCUT2D eigenvalue weighted by Gasteiger charge is -2.33. The van der Waals surface area contributed by atoms with Crippen LogP contribution in [0.1, 0.15) is 56.9 Å². The maximum absolute atomic E-state index is 13.5. The molecule has 30 heavy (non-hydrogen) atoms. The van der Waals surface area contributed by atoms with E-state index in [1.807, 2.05) is 6.07 Å². The minimum atomic E-state index is -0.216. The third kappa shape index (κ3) is 7.23. The molecule has 1 saturated carbocycles. The zero-order chi connectivity index (χ0) is 21.5. The molecular weight excluding hydrogens is 447 g/mol. The standard InChI is InChI=1S/C24H36BrFN2O2/c1-27(2)24(29)30-22-8-5-18(6-9-22)4-3-13-28-14-11-19(12-15-28)16-20-17-21(26)7-10-23(20)25/h7,10,17-19,22H,3-6,8-9,11-16H2,1-2H3. The molecule has 0 atom stereocenters. The molecule has 0 radical (unpaired) electrons. The van der Waals surface area contributed by atoms with E-state index >= 15 is 0 Å². The second kappa shape index (κ2) is 11.5. The van der Waals surface area contributed by atoms with Crippen molar-refractivity contribution in [3.8, 4) is 0 Å². The molecule has 1 heterocycles. The predicted octanol–water partition coefficient (Wildman–Crippen LogP) is 5.88. The van der Waals surface area contributed by atoms with Crippen molar-refractivity contribution < 1.29 is 13.9 Å². The maximum atomic E-state index is 13.5. The predicted molar refractivity (Wildman–Crippen MR) is 122 cm³/mol. The third-order valence-corrected chi connectivity index (χ3v) is 7.51. The number of piperidine rings is 1. The topological polar surface area (TPSA) is 32.8 Å². The number of amides is 1. The normalized spacial score (nSPS) is 23.3. The third-order valence-electron chi connectivity index (χ3n) is 6.74. The molecule has 2 aliphatic rings. The van der Waals surface area contributed by atoms with E-state index in [4.69, 9.17) is 4.74 Å². The minimum Gasteiger partial charge on any atom is -0.446 e. The van der Waals surface area contributed by atoms with Crippen molar-refractivity contribution in [2.45, 2.75) is 63.9 Å². The Morgan fingerprint density at radius 2 is 1.83 bits per heavy atom. The van der Waals surface area contributed by atoms with Crippen LogP contribution in [0.25, 0.3) is 0 Å². The highest BCUT2D eigenvalue weighted by Gasteiger charge is 2.25. The first-order valence-electron chi connectivity index (χ1n) is 11.4. The first kappa shape index (κ1) is 23.5. The number of nitrogens with zero attached hydrogens (tertiary/aromatic N) is 2. The molecule has 1 aliphatic heterocycles. The van der Waals surface area contributed by atoms with Crippen LogP contribution in [0, 0.1) is 17.7 Å². The van der Waals surface area contributed by atoms with E-state index in [9.17, 15) is 9.18 Å². The van der Waals surface area contributed by atoms with Gasteiger partial charge in [-0.2, -0.15) is 0 Å². The number of halogens is 2. The fraction of sp³-hybridized carbons (Fsp3) is 0.708. The Morgan fingerprint density at radius 1 is 1.13 bits per heavy atom. The fourth-order valence-electron chi connectivity index (χ4n) is 4.81. The van der Waals surface area contributed by atoms with Gasteiger partial charge in [0.1, 0.15) is 11.9 Å². The molecule has 0 unspecified atom stereocenters. The van der Waals surface area contributed by atoms with Crippen LogP contribution in [0.4, 0.5) is 9.18 Å². The number of benzene rings is 1. The maximum Gasteiger partial charge on any atom is 0.409 e. The highest BCUT2D eigenvalue weighted by molar-refractivity contribution is 9.10. The van der Waals surface area contributed by atoms with Gasteiger partial charge in [0.25, 0.3) is 0 Å². The van der Waals surface area contributed by atoms with Crippen LogP contribution in [0.15, 0.2) is 22.7 Å². The molecule has 3 rings (SSSR count). The number of ether oxygens (including phenoxy) is 1. The molecule has 4 nitrogen and oxygen atoms in total. The van der Waals surface area contributed by atoms with Crippen molar-refractivity contribution >= 4 is 22.0 Å². The van der Waals surface area contributed by atoms with Gasteiger partial charge in [-0.25, -0.2) is 9.18 Å². The summed E-state index contributed by atoms with van der Waals surface area (Å²) in [7, 11) is 3.47. The summed E-state index contributed by atoms with van der Waals surface area (Å²) in [4.78, 5) is 15.8. The van der Waals surface area contributed by atoms with Gasteiger partial charge >= 0.3 is 6.09 Å². The SMILES string of the molecule is CN(C)C(=O)OC1CCC(CCCN2CCC(Cc3cc(F)ccc3Br)CC2)CC1. The van der Waals surface area contributed by atoms with Crippen LogP contribution in [0.5, 0.6) is 0 Å². The van der Waals surface area contributed by atoms with Gasteiger partial charge in [0.05, 0.1) is 0 Å². The first-order chi connectivity index (χ1) is 14.4. The molecule has 1 amide bonds. The summed E-state index contributed by atoms with van der Waals surface area (Å²) in [5, 5.41) is 0. The number of rotatable bonds is 7. The monoisotopic (exact) mass is 482 g/mol. The lowest BCUT2D eigenvalue weighted by atomic mass is 9.84. The number of carbonyl (C=O) groups is 1. The Labute approximate surface area is 189 Å². The number of hydrogen-bond acceptors (Lipinski definition) is 3. The van der Waals surface area contributed by atoms with Gasteiger partial charge in [-0.1, -0.05) is 15.9 Å². The first-order valence-corrected chi connectivity index (χ1v) is 12.2. The Balaban J connectivity index is 1.28. The van der Waals surface area contributed by atoms with Gasteiger partial charge < -0.3 is 14.5 Å². The van der Waals surface area contributed by atoms with Gasteiger partial charge in [0, 0.05) is 18.6 Å². The van der Waals surface area contributed by atoms with E-state index in [1.165, 1.54) is 56.0 Å². The Bertz CT molecular complexity index is 684. The second-order valence-corrected chi connectivity index (χ2v) is 10.1. The van der Waals surface area contributed by atoms with Crippen molar-refractivity contribution in [2.24, 2.45) is 11.8 Å². The van der Waals surface area contributed by atoms with Crippen molar-refractivity contribution in [3.05, 3.63) is 34.1 Å². The quantitative estimate of drug-likeness (QED) is 0.486. The van der Waals surface area contributed by atoms with Crippen LogP contribution in [0.3, 0.4) is 0 Å². The van der Waals surface area contributed by atoms with E-state index in [1.54, 1.807) is 20.2 Å². The summed E-state index contributed by atoms with van der Waals surface area (Å²) < 4.78 is 20.1. The minimum absolute atomic E-state index is 0.105. The Hall–Kier alpha value is -1.14. The van der Waals surface area contributed by atoms with Crippen LogP contribution in [-0.2, 0) is 11.2 Å². The molecule has 6 heteroatoms. The van der Waals surface area contributed by atoms with Crippen LogP contribution in [-0.4, -0.2) is 55.7 Å². The van der Waals surface area contributed by atoms with E-state index in [0.29, 0.717) is 5.92 Å². The molecule has 0 bridgehead atoms. The summed E-state index contributed by atoms with van der Waals surface area (Å²) in [5.74, 6) is 1.29. The van der Waals surface area contributed by atoms with Gasteiger partial charge in [0.2, 0.25) is 0 Å². The average molecular weight is 483 g/mol. The molecule has 1 saturated heterocycles. The molecule has 0 N–H and O–H groups in total. The van der Waals surface area contributed by atoms with Gasteiger partial charge in [-0.05, 0) is 113 Å². The largest absolute Gasteiger partial charge is 0.446 e. The molecule has 1 aromatic carbocycles. The summed E-state index contributed by atoms with van der Waals surface area (Å²) in [6, 6.07) is 5.01. The Morgan fingerprint density at radius 3 is 2.50 bits per heavy atom. The number of likely N-dealkylation sites (tertiary alicyclic amines) is 1. The lowest BCUT2D eigenvalue weighted by molar-refractivity contribution is 0.0453. The molecule has 0 aromatic heterocycles. The van der Waals surface area contributed by atoms with Crippen molar-refractivity contribution in [2.75, 3.05) is 33.7 Å². The van der Waals surface area contributed by atoms with Crippen molar-refractivity contribution in [3.63, 3.8) is 0 Å². The second-order valence-electron chi connectivity index (χ2n) is 9.29. The van der Waals surface area contributed by atoms with Crippen LogP contribution in [0.2, 0.25) is 0 Å². The van der Waals surface area contributed by atoms with Gasteiger partial charge in [-0.15, -0.1) is 0 Å². The molecule has 2 fully saturated rings. The lowest BCUT2D eigenvalue weighted by Crippen LogP contribution is -2.35. The van der Waals surface area contributed by atoms with Crippen LogP contribution >= 0.6 is 15.9 Å². The fourth-order valence-corrected chi connectivity index (χ4v) is 5.22. The number of carbonyl (C=O) groups excluding carboxylic acids is 1. The zero-order valence-electron chi connectivity index (χ0n) is 18.4. The summed E-state index contributed by atoms with van der Waals surface area (Å²) in [6.07, 6.45) is 10.2. The summed E-state index contributed by atoms with van der Waals surface area (Å²) in [5.41, 5.74) is 1.10. The number of hydrogen-bond donors (Lipinski definition) is 0. The highest BCUT2D eigenvalue weighted by Crippen LogP contribution is 2.30. The average Bonchev–Trinajstić information content (AvgIpc) is 2.73.